The molecular weight excluding hydrogens is 246 g/mol. The van der Waals surface area contributed by atoms with Gasteiger partial charge in [-0.25, -0.2) is 4.79 Å². The lowest BCUT2D eigenvalue weighted by atomic mass is 10.1. The maximum Gasteiger partial charge on any atom is 0.332 e. The Morgan fingerprint density at radius 3 is 2.79 bits per heavy atom. The van der Waals surface area contributed by atoms with Crippen LogP contribution in [0.4, 0.5) is 0 Å². The van der Waals surface area contributed by atoms with Crippen molar-refractivity contribution in [2.24, 2.45) is 0 Å². The molecule has 1 aromatic heterocycles. The lowest BCUT2D eigenvalue weighted by Gasteiger charge is -2.13. The quantitative estimate of drug-likeness (QED) is 0.578. The summed E-state index contributed by atoms with van der Waals surface area (Å²) in [5, 5.41) is 3.32. The molecule has 0 amide bonds. The summed E-state index contributed by atoms with van der Waals surface area (Å²) in [7, 11) is 0. The molecule has 1 heterocycles. The van der Waals surface area contributed by atoms with Crippen LogP contribution in [0.15, 0.2) is 10.5 Å². The second-order valence-corrected chi connectivity index (χ2v) is 4.40. The Morgan fingerprint density at radius 1 is 1.47 bits per heavy atom. The van der Waals surface area contributed by atoms with Crippen molar-refractivity contribution in [1.29, 1.82) is 0 Å². The third-order valence-corrected chi connectivity index (χ3v) is 2.77. The van der Waals surface area contributed by atoms with Gasteiger partial charge in [0.1, 0.15) is 18.1 Å². The fraction of sp³-hybridized carbons (Fsp3) is 0.643. The largest absolute Gasteiger partial charge is 0.466 e. The maximum absolute atomic E-state index is 11.0. The molecule has 0 fully saturated rings. The number of hydrogen-bond acceptors (Lipinski definition) is 5. The molecule has 1 atom stereocenters. The van der Waals surface area contributed by atoms with Crippen molar-refractivity contribution in [3.63, 3.8) is 0 Å². The maximum atomic E-state index is 11.0. The zero-order valence-corrected chi connectivity index (χ0v) is 12.1. The molecule has 1 rings (SSSR count). The summed E-state index contributed by atoms with van der Waals surface area (Å²) < 4.78 is 15.5. The standard InChI is InChI=1S/C14H23NO4/c1-5-18-14(16)9-17-7-6-15-11(3)13-8-10(2)19-12(13)4/h8,11,15H,5-7,9H2,1-4H3. The molecule has 0 aromatic carbocycles. The fourth-order valence-electron chi connectivity index (χ4n) is 1.90. The van der Waals surface area contributed by atoms with Crippen LogP contribution in [0.25, 0.3) is 0 Å². The molecule has 0 radical (unpaired) electrons. The Bertz CT molecular complexity index is 400. The van der Waals surface area contributed by atoms with E-state index < -0.39 is 0 Å². The highest BCUT2D eigenvalue weighted by Gasteiger charge is 2.11. The van der Waals surface area contributed by atoms with Gasteiger partial charge in [0.15, 0.2) is 0 Å². The minimum Gasteiger partial charge on any atom is -0.466 e. The Morgan fingerprint density at radius 2 is 2.21 bits per heavy atom. The topological polar surface area (TPSA) is 60.7 Å². The average Bonchev–Trinajstić information content (AvgIpc) is 2.68. The summed E-state index contributed by atoms with van der Waals surface area (Å²) in [4.78, 5) is 11.0. The number of carbonyl (C=O) groups excluding carboxylic acids is 1. The SMILES string of the molecule is CCOC(=O)COCCNC(C)c1cc(C)oc1C. The highest BCUT2D eigenvalue weighted by Crippen LogP contribution is 2.20. The van der Waals surface area contributed by atoms with E-state index in [1.165, 1.54) is 0 Å². The number of esters is 1. The molecule has 19 heavy (non-hydrogen) atoms. The molecule has 0 spiro atoms. The molecule has 0 saturated carbocycles. The van der Waals surface area contributed by atoms with Crippen molar-refractivity contribution in [2.75, 3.05) is 26.4 Å². The van der Waals surface area contributed by atoms with Crippen molar-refractivity contribution in [3.05, 3.63) is 23.2 Å². The van der Waals surface area contributed by atoms with Gasteiger partial charge in [0, 0.05) is 18.2 Å². The minimum absolute atomic E-state index is 0.00769. The van der Waals surface area contributed by atoms with E-state index in [1.54, 1.807) is 6.92 Å². The zero-order valence-electron chi connectivity index (χ0n) is 12.1. The van der Waals surface area contributed by atoms with E-state index in [4.69, 9.17) is 13.9 Å². The molecular formula is C14H23NO4. The summed E-state index contributed by atoms with van der Waals surface area (Å²) in [6.45, 7) is 9.27. The van der Waals surface area contributed by atoms with E-state index >= 15 is 0 Å². The minimum atomic E-state index is -0.322. The fourth-order valence-corrected chi connectivity index (χ4v) is 1.90. The number of carbonyl (C=O) groups is 1. The first-order valence-corrected chi connectivity index (χ1v) is 6.58. The van der Waals surface area contributed by atoms with Crippen LogP contribution in [-0.2, 0) is 14.3 Å². The van der Waals surface area contributed by atoms with Crippen LogP contribution in [0.5, 0.6) is 0 Å². The van der Waals surface area contributed by atoms with Gasteiger partial charge in [-0.2, -0.15) is 0 Å². The zero-order chi connectivity index (χ0) is 14.3. The molecule has 1 N–H and O–H groups in total. The first kappa shape index (κ1) is 15.7. The van der Waals surface area contributed by atoms with E-state index in [-0.39, 0.29) is 18.6 Å². The molecule has 1 unspecified atom stereocenters. The second kappa shape index (κ2) is 7.96. The summed E-state index contributed by atoms with van der Waals surface area (Å²) in [6, 6.07) is 2.23. The van der Waals surface area contributed by atoms with Crippen molar-refractivity contribution in [2.45, 2.75) is 33.7 Å². The molecule has 5 heteroatoms. The van der Waals surface area contributed by atoms with Gasteiger partial charge in [0.05, 0.1) is 13.2 Å². The summed E-state index contributed by atoms with van der Waals surface area (Å²) in [5.41, 5.74) is 1.16. The molecule has 0 aliphatic rings. The number of rotatable bonds is 8. The van der Waals surface area contributed by atoms with Crippen LogP contribution in [0.1, 0.15) is 37.0 Å². The molecule has 108 valence electrons. The van der Waals surface area contributed by atoms with Crippen molar-refractivity contribution in [3.8, 4) is 0 Å². The molecule has 0 bridgehead atoms. The predicted octanol–water partition coefficient (Wildman–Crippen LogP) is 2.13. The molecule has 0 aliphatic heterocycles. The monoisotopic (exact) mass is 269 g/mol. The van der Waals surface area contributed by atoms with E-state index in [0.717, 1.165) is 17.1 Å². The van der Waals surface area contributed by atoms with Crippen LogP contribution in [0.3, 0.4) is 0 Å². The summed E-state index contributed by atoms with van der Waals surface area (Å²) in [5.74, 6) is 1.53. The lowest BCUT2D eigenvalue weighted by molar-refractivity contribution is -0.148. The number of hydrogen-bond donors (Lipinski definition) is 1. The van der Waals surface area contributed by atoms with Crippen LogP contribution >= 0.6 is 0 Å². The van der Waals surface area contributed by atoms with Crippen LogP contribution in [0, 0.1) is 13.8 Å². The summed E-state index contributed by atoms with van der Waals surface area (Å²) >= 11 is 0. The van der Waals surface area contributed by atoms with Gasteiger partial charge in [-0.1, -0.05) is 0 Å². The van der Waals surface area contributed by atoms with Gasteiger partial charge in [-0.05, 0) is 33.8 Å². The van der Waals surface area contributed by atoms with Crippen molar-refractivity contribution >= 4 is 5.97 Å². The third kappa shape index (κ3) is 5.44. The number of nitrogens with one attached hydrogen (secondary N) is 1. The predicted molar refractivity (Wildman–Crippen MR) is 72.1 cm³/mol. The Balaban J connectivity index is 2.19. The highest BCUT2D eigenvalue weighted by molar-refractivity contribution is 5.70. The van der Waals surface area contributed by atoms with E-state index in [2.05, 4.69) is 12.2 Å². The third-order valence-electron chi connectivity index (χ3n) is 2.77. The number of aryl methyl sites for hydroxylation is 2. The Hall–Kier alpha value is -1.33. The first-order chi connectivity index (χ1) is 9.04. The van der Waals surface area contributed by atoms with E-state index in [1.807, 2.05) is 19.9 Å². The molecule has 5 nitrogen and oxygen atoms in total. The van der Waals surface area contributed by atoms with Crippen molar-refractivity contribution < 1.29 is 18.7 Å². The van der Waals surface area contributed by atoms with Crippen LogP contribution in [0.2, 0.25) is 0 Å². The van der Waals surface area contributed by atoms with Gasteiger partial charge in [0.25, 0.3) is 0 Å². The van der Waals surface area contributed by atoms with Gasteiger partial charge in [-0.3, -0.25) is 0 Å². The number of ether oxygens (including phenoxy) is 2. The van der Waals surface area contributed by atoms with Crippen LogP contribution in [-0.4, -0.2) is 32.3 Å². The van der Waals surface area contributed by atoms with E-state index in [9.17, 15) is 4.79 Å². The Labute approximate surface area is 114 Å². The number of furan rings is 1. The summed E-state index contributed by atoms with van der Waals surface area (Å²) in [6.07, 6.45) is 0. The molecule has 0 aliphatic carbocycles. The normalized spacial score (nSPS) is 12.4. The highest BCUT2D eigenvalue weighted by atomic mass is 16.6. The average molecular weight is 269 g/mol. The van der Waals surface area contributed by atoms with Crippen molar-refractivity contribution in [1.82, 2.24) is 5.32 Å². The Kier molecular flexibility index (Phi) is 6.59. The lowest BCUT2D eigenvalue weighted by Crippen LogP contribution is -2.24. The molecule has 0 saturated heterocycles. The van der Waals surface area contributed by atoms with Gasteiger partial charge >= 0.3 is 5.97 Å². The van der Waals surface area contributed by atoms with Crippen LogP contribution < -0.4 is 5.32 Å². The van der Waals surface area contributed by atoms with Gasteiger partial charge in [0.2, 0.25) is 0 Å². The molecule has 1 aromatic rings. The smallest absolute Gasteiger partial charge is 0.332 e. The van der Waals surface area contributed by atoms with E-state index in [0.29, 0.717) is 19.8 Å². The first-order valence-electron chi connectivity index (χ1n) is 6.58. The van der Waals surface area contributed by atoms with Gasteiger partial charge in [-0.15, -0.1) is 0 Å². The van der Waals surface area contributed by atoms with Gasteiger partial charge < -0.3 is 19.2 Å². The second-order valence-electron chi connectivity index (χ2n) is 4.40.